The highest BCUT2D eigenvalue weighted by Gasteiger charge is 2.55. The fourth-order valence-electron chi connectivity index (χ4n) is 6.47. The van der Waals surface area contributed by atoms with Gasteiger partial charge in [0.2, 0.25) is 0 Å². The molecule has 2 fully saturated rings. The molecule has 2 nitrogen and oxygen atoms in total. The van der Waals surface area contributed by atoms with Gasteiger partial charge in [0.05, 0.1) is 0 Å². The first-order valence-corrected chi connectivity index (χ1v) is 9.08. The van der Waals surface area contributed by atoms with Gasteiger partial charge in [0.1, 0.15) is 5.75 Å². The summed E-state index contributed by atoms with van der Waals surface area (Å²) in [6, 6.07) is 6.41. The molecule has 0 bridgehead atoms. The highest BCUT2D eigenvalue weighted by Crippen LogP contribution is 2.63. The van der Waals surface area contributed by atoms with E-state index in [1.807, 2.05) is 12.1 Å². The average Bonchev–Trinajstić information content (AvgIpc) is 2.84. The smallest absolute Gasteiger partial charge is 0.115 e. The number of aryl methyl sites for hydroxylation is 1. The topological polar surface area (TPSA) is 46.2 Å². The van der Waals surface area contributed by atoms with Gasteiger partial charge in [-0.15, -0.1) is 0 Å². The lowest BCUT2D eigenvalue weighted by Gasteiger charge is -2.51. The molecule has 2 saturated carbocycles. The Labute approximate surface area is 134 Å². The summed E-state index contributed by atoms with van der Waals surface area (Å²) >= 11 is 0. The monoisotopic (exact) mass is 299 g/mol. The van der Waals surface area contributed by atoms with E-state index >= 15 is 0 Å². The summed E-state index contributed by atoms with van der Waals surface area (Å²) in [7, 11) is 0. The van der Waals surface area contributed by atoms with Crippen LogP contribution in [0.4, 0.5) is 0 Å². The Morgan fingerprint density at radius 3 is 2.82 bits per heavy atom. The van der Waals surface area contributed by atoms with Crippen molar-refractivity contribution in [2.75, 3.05) is 0 Å². The second-order valence-corrected chi connectivity index (χ2v) is 8.39. The van der Waals surface area contributed by atoms with Gasteiger partial charge in [-0.05, 0) is 97.8 Å². The van der Waals surface area contributed by atoms with E-state index in [2.05, 4.69) is 19.9 Å². The van der Waals surface area contributed by atoms with E-state index in [0.29, 0.717) is 29.0 Å². The molecule has 3 aliphatic carbocycles. The number of phenols is 1. The Hall–Kier alpha value is -1.02. The summed E-state index contributed by atoms with van der Waals surface area (Å²) in [6.45, 7) is 4.74. The average molecular weight is 299 g/mol. The molecule has 3 N–H and O–H groups in total. The minimum absolute atomic E-state index is 0.333. The molecule has 3 aliphatic rings. The summed E-state index contributed by atoms with van der Waals surface area (Å²) in [5.74, 6) is 3.54. The number of phenolic OH excluding ortho intramolecular Hbond substituents is 1. The maximum absolute atomic E-state index is 9.76. The van der Waals surface area contributed by atoms with Crippen LogP contribution in [0, 0.1) is 23.2 Å². The Bertz CT molecular complexity index is 581. The molecule has 22 heavy (non-hydrogen) atoms. The first-order chi connectivity index (χ1) is 10.5. The number of hydrogen-bond acceptors (Lipinski definition) is 2. The summed E-state index contributed by atoms with van der Waals surface area (Å²) in [5, 5.41) is 9.76. The van der Waals surface area contributed by atoms with Gasteiger partial charge in [-0.25, -0.2) is 0 Å². The van der Waals surface area contributed by atoms with E-state index in [0.717, 1.165) is 18.3 Å². The highest BCUT2D eigenvalue weighted by atomic mass is 16.3. The summed E-state index contributed by atoms with van der Waals surface area (Å²) in [4.78, 5) is 0. The first kappa shape index (κ1) is 14.6. The lowest BCUT2D eigenvalue weighted by molar-refractivity contribution is 0.0224. The van der Waals surface area contributed by atoms with Crippen LogP contribution in [-0.4, -0.2) is 11.1 Å². The molecule has 1 aromatic carbocycles. The van der Waals surface area contributed by atoms with Gasteiger partial charge >= 0.3 is 0 Å². The number of hydrogen-bond donors (Lipinski definition) is 2. The molecule has 0 aliphatic heterocycles. The molecule has 0 amide bonds. The molecule has 120 valence electrons. The number of rotatable bonds is 1. The van der Waals surface area contributed by atoms with Crippen molar-refractivity contribution in [1.29, 1.82) is 0 Å². The fraction of sp³-hybridized carbons (Fsp3) is 0.700. The van der Waals surface area contributed by atoms with Crippen LogP contribution < -0.4 is 5.73 Å². The Morgan fingerprint density at radius 1 is 1.23 bits per heavy atom. The number of nitrogens with two attached hydrogens (primary N) is 1. The molecule has 2 heteroatoms. The predicted molar refractivity (Wildman–Crippen MR) is 89.9 cm³/mol. The van der Waals surface area contributed by atoms with Crippen LogP contribution in [0.5, 0.6) is 5.75 Å². The zero-order chi connectivity index (χ0) is 15.5. The van der Waals surface area contributed by atoms with Crippen molar-refractivity contribution in [2.24, 2.45) is 28.9 Å². The standard InChI is InChI=1S/C20H29NO/c1-12(21)18-7-8-19-17-5-3-13-11-14(22)4-6-15(13)16(17)9-10-20(18,19)2/h4,6,11-12,16-19,22H,3,5,7-10,21H2,1-2H3/t12-,16+,17+,18-,19+,20-/m0/s1. The molecule has 0 aromatic heterocycles. The molecular weight excluding hydrogens is 270 g/mol. The number of fused-ring (bicyclic) bond motifs is 5. The van der Waals surface area contributed by atoms with Gasteiger partial charge in [0.15, 0.2) is 0 Å². The van der Waals surface area contributed by atoms with E-state index in [1.54, 1.807) is 0 Å². The molecule has 0 unspecified atom stereocenters. The van der Waals surface area contributed by atoms with Gasteiger partial charge in [-0.3, -0.25) is 0 Å². The van der Waals surface area contributed by atoms with Crippen molar-refractivity contribution in [3.63, 3.8) is 0 Å². The SMILES string of the molecule is C[C@H](N)[C@@H]1CC[C@@H]2[C@@H]3CCc4cc(O)ccc4[C@H]3CC[C@]21C. The molecule has 0 heterocycles. The highest BCUT2D eigenvalue weighted by molar-refractivity contribution is 5.40. The van der Waals surface area contributed by atoms with Gasteiger partial charge < -0.3 is 10.8 Å². The summed E-state index contributed by atoms with van der Waals surface area (Å²) < 4.78 is 0. The molecule has 6 atom stereocenters. The second kappa shape index (κ2) is 4.99. The normalized spacial score (nSPS) is 41.4. The van der Waals surface area contributed by atoms with E-state index in [4.69, 9.17) is 5.73 Å². The van der Waals surface area contributed by atoms with Gasteiger partial charge in [-0.1, -0.05) is 13.0 Å². The molecule has 0 saturated heterocycles. The van der Waals surface area contributed by atoms with Crippen molar-refractivity contribution in [1.82, 2.24) is 0 Å². The van der Waals surface area contributed by atoms with E-state index in [1.165, 1.54) is 43.2 Å². The number of aromatic hydroxyl groups is 1. The molecule has 0 spiro atoms. The van der Waals surface area contributed by atoms with Crippen molar-refractivity contribution in [3.05, 3.63) is 29.3 Å². The van der Waals surface area contributed by atoms with Gasteiger partial charge in [-0.2, -0.15) is 0 Å². The predicted octanol–water partition coefficient (Wildman–Crippen LogP) is 4.21. The van der Waals surface area contributed by atoms with Crippen LogP contribution in [-0.2, 0) is 6.42 Å². The zero-order valence-electron chi connectivity index (χ0n) is 13.9. The molecular formula is C20H29NO. The minimum Gasteiger partial charge on any atom is -0.508 e. The van der Waals surface area contributed by atoms with E-state index < -0.39 is 0 Å². The van der Waals surface area contributed by atoms with Crippen LogP contribution in [0.25, 0.3) is 0 Å². The minimum atomic E-state index is 0.333. The van der Waals surface area contributed by atoms with Crippen LogP contribution in [0.2, 0.25) is 0 Å². The van der Waals surface area contributed by atoms with E-state index in [9.17, 15) is 5.11 Å². The molecule has 1 aromatic rings. The largest absolute Gasteiger partial charge is 0.508 e. The van der Waals surface area contributed by atoms with Crippen LogP contribution in [0.3, 0.4) is 0 Å². The lowest BCUT2D eigenvalue weighted by atomic mass is 9.53. The van der Waals surface area contributed by atoms with Gasteiger partial charge in [0.25, 0.3) is 0 Å². The maximum atomic E-state index is 9.76. The summed E-state index contributed by atoms with van der Waals surface area (Å²) in [5.41, 5.74) is 9.71. The van der Waals surface area contributed by atoms with Crippen LogP contribution >= 0.6 is 0 Å². The van der Waals surface area contributed by atoms with Crippen LogP contribution in [0.1, 0.15) is 63.0 Å². The Kier molecular flexibility index (Phi) is 3.30. The lowest BCUT2D eigenvalue weighted by Crippen LogP contribution is -2.46. The Balaban J connectivity index is 1.67. The van der Waals surface area contributed by atoms with Crippen molar-refractivity contribution in [2.45, 2.75) is 64.3 Å². The third-order valence-electron chi connectivity index (χ3n) is 7.42. The van der Waals surface area contributed by atoms with Crippen LogP contribution in [0.15, 0.2) is 18.2 Å². The summed E-state index contributed by atoms with van der Waals surface area (Å²) in [6.07, 6.45) is 7.76. The van der Waals surface area contributed by atoms with Crippen molar-refractivity contribution >= 4 is 0 Å². The third kappa shape index (κ3) is 1.96. The third-order valence-corrected chi connectivity index (χ3v) is 7.42. The first-order valence-electron chi connectivity index (χ1n) is 9.08. The second-order valence-electron chi connectivity index (χ2n) is 8.39. The Morgan fingerprint density at radius 2 is 2.05 bits per heavy atom. The van der Waals surface area contributed by atoms with Gasteiger partial charge in [0, 0.05) is 6.04 Å². The fourth-order valence-corrected chi connectivity index (χ4v) is 6.47. The quantitative estimate of drug-likeness (QED) is 0.816. The van der Waals surface area contributed by atoms with Crippen molar-refractivity contribution in [3.8, 4) is 5.75 Å². The van der Waals surface area contributed by atoms with E-state index in [-0.39, 0.29) is 0 Å². The molecule has 4 rings (SSSR count). The van der Waals surface area contributed by atoms with Crippen molar-refractivity contribution < 1.29 is 5.11 Å². The number of benzene rings is 1. The molecule has 0 radical (unpaired) electrons. The zero-order valence-corrected chi connectivity index (χ0v) is 13.9. The maximum Gasteiger partial charge on any atom is 0.115 e.